The molecule has 3 rings (SSSR count). The van der Waals surface area contributed by atoms with Gasteiger partial charge in [-0.25, -0.2) is 4.98 Å². The summed E-state index contributed by atoms with van der Waals surface area (Å²) in [6.07, 6.45) is -0.161. The molecule has 0 amide bonds. The van der Waals surface area contributed by atoms with Gasteiger partial charge in [-0.05, 0) is 38.1 Å². The average Bonchev–Trinajstić information content (AvgIpc) is 2.99. The smallest absolute Gasteiger partial charge is 0.187 e. The number of aromatic nitrogens is 1. The summed E-state index contributed by atoms with van der Waals surface area (Å²) >= 11 is 1.32. The van der Waals surface area contributed by atoms with Gasteiger partial charge >= 0.3 is 0 Å². The summed E-state index contributed by atoms with van der Waals surface area (Å²) in [4.78, 5) is 16.4. The van der Waals surface area contributed by atoms with Crippen LogP contribution in [0.25, 0.3) is 11.3 Å². The molecule has 134 valence electrons. The number of hydrogen-bond donors (Lipinski definition) is 1. The van der Waals surface area contributed by atoms with Gasteiger partial charge in [-0.2, -0.15) is 0 Å². The largest absolute Gasteiger partial charge is 0.550 e. The molecular weight excluding hydrogens is 348 g/mol. The molecule has 0 bridgehead atoms. The van der Waals surface area contributed by atoms with Gasteiger partial charge in [-0.3, -0.25) is 0 Å². The van der Waals surface area contributed by atoms with E-state index >= 15 is 0 Å². The quantitative estimate of drug-likeness (QED) is 0.691. The summed E-state index contributed by atoms with van der Waals surface area (Å²) in [6, 6.07) is 15.4. The second-order valence-corrected chi connectivity index (χ2v) is 6.87. The maximum absolute atomic E-state index is 11.1. The first-order chi connectivity index (χ1) is 12.5. The van der Waals surface area contributed by atoms with E-state index in [2.05, 4.69) is 10.3 Å². The van der Waals surface area contributed by atoms with Crippen LogP contribution in [0.15, 0.2) is 48.5 Å². The Labute approximate surface area is 156 Å². The highest BCUT2D eigenvalue weighted by atomic mass is 32.1. The Hall–Kier alpha value is -2.86. The maximum atomic E-state index is 11.1. The fourth-order valence-corrected chi connectivity index (χ4v) is 3.51. The van der Waals surface area contributed by atoms with Crippen LogP contribution in [0.1, 0.15) is 17.4 Å². The van der Waals surface area contributed by atoms with Gasteiger partial charge in [0, 0.05) is 28.5 Å². The number of carboxylic acid groups (broad SMARTS) is 1. The Morgan fingerprint density at radius 3 is 2.46 bits per heavy atom. The number of hydrogen-bond acceptors (Lipinski definition) is 6. The monoisotopic (exact) mass is 367 g/mol. The molecule has 0 aliphatic rings. The number of ether oxygens (including phenoxy) is 1. The van der Waals surface area contributed by atoms with Gasteiger partial charge in [-0.15, -0.1) is 11.3 Å². The Kier molecular flexibility index (Phi) is 5.53. The second kappa shape index (κ2) is 8.01. The lowest BCUT2D eigenvalue weighted by Crippen LogP contribution is -2.24. The molecule has 0 aliphatic carbocycles. The number of carbonyl (C=O) groups excluding carboxylic acids is 1. The van der Waals surface area contributed by atoms with Crippen molar-refractivity contribution in [2.45, 2.75) is 20.3 Å². The lowest BCUT2D eigenvalue weighted by Gasteiger charge is -2.05. The zero-order chi connectivity index (χ0) is 18.5. The number of benzene rings is 2. The molecule has 6 heteroatoms. The van der Waals surface area contributed by atoms with Gasteiger partial charge < -0.3 is 20.0 Å². The van der Waals surface area contributed by atoms with E-state index < -0.39 is 5.97 Å². The summed E-state index contributed by atoms with van der Waals surface area (Å²) in [5.41, 5.74) is 3.56. The second-order valence-electron chi connectivity index (χ2n) is 5.79. The Balaban J connectivity index is 1.87. The number of carboxylic acids is 1. The molecule has 1 N–H and O–H groups in total. The predicted molar refractivity (Wildman–Crippen MR) is 102 cm³/mol. The standard InChI is InChI=1S/C20H20N2O3S/c1-3-25-16-10-8-15(9-11-16)21-20-22-19(17(26-20)12-18(23)24)14-6-4-13(2)5-7-14/h4-11H,3,12H2,1-2H3,(H,21,22)(H,23,24)/p-1. The van der Waals surface area contributed by atoms with E-state index in [0.29, 0.717) is 22.3 Å². The van der Waals surface area contributed by atoms with Gasteiger partial charge in [0.15, 0.2) is 5.13 Å². The van der Waals surface area contributed by atoms with Gasteiger partial charge in [0.25, 0.3) is 0 Å². The summed E-state index contributed by atoms with van der Waals surface area (Å²) in [5.74, 6) is -0.315. The van der Waals surface area contributed by atoms with E-state index in [1.165, 1.54) is 11.3 Å². The fourth-order valence-electron chi connectivity index (χ4n) is 2.52. The lowest BCUT2D eigenvalue weighted by molar-refractivity contribution is -0.304. The average molecular weight is 367 g/mol. The molecule has 0 atom stereocenters. The molecule has 0 fully saturated rings. The highest BCUT2D eigenvalue weighted by Crippen LogP contribution is 2.33. The Bertz CT molecular complexity index is 886. The van der Waals surface area contributed by atoms with E-state index in [-0.39, 0.29) is 6.42 Å². The van der Waals surface area contributed by atoms with Crippen molar-refractivity contribution in [2.75, 3.05) is 11.9 Å². The Morgan fingerprint density at radius 2 is 1.85 bits per heavy atom. The van der Waals surface area contributed by atoms with Crippen molar-refractivity contribution in [2.24, 2.45) is 0 Å². The number of thiazole rings is 1. The van der Waals surface area contributed by atoms with Crippen LogP contribution in [0, 0.1) is 6.92 Å². The minimum absolute atomic E-state index is 0.161. The van der Waals surface area contributed by atoms with Crippen molar-refractivity contribution < 1.29 is 14.6 Å². The van der Waals surface area contributed by atoms with Crippen LogP contribution < -0.4 is 15.2 Å². The molecule has 0 unspecified atom stereocenters. The van der Waals surface area contributed by atoms with E-state index in [0.717, 1.165) is 22.6 Å². The van der Waals surface area contributed by atoms with Crippen molar-refractivity contribution in [3.63, 3.8) is 0 Å². The molecule has 0 radical (unpaired) electrons. The zero-order valence-corrected chi connectivity index (χ0v) is 15.4. The third kappa shape index (κ3) is 4.40. The minimum Gasteiger partial charge on any atom is -0.550 e. The first-order valence-electron chi connectivity index (χ1n) is 8.31. The van der Waals surface area contributed by atoms with Crippen LogP contribution in [0.2, 0.25) is 0 Å². The molecule has 26 heavy (non-hydrogen) atoms. The van der Waals surface area contributed by atoms with E-state index in [4.69, 9.17) is 4.74 Å². The first kappa shape index (κ1) is 17.9. The zero-order valence-electron chi connectivity index (χ0n) is 14.6. The maximum Gasteiger partial charge on any atom is 0.187 e. The van der Waals surface area contributed by atoms with Crippen LogP contribution in [0.5, 0.6) is 5.75 Å². The number of carbonyl (C=O) groups is 1. The minimum atomic E-state index is -1.12. The molecule has 0 saturated heterocycles. The van der Waals surface area contributed by atoms with Crippen molar-refractivity contribution in [3.8, 4) is 17.0 Å². The van der Waals surface area contributed by atoms with E-state index in [1.54, 1.807) is 0 Å². The molecule has 0 saturated carbocycles. The summed E-state index contributed by atoms with van der Waals surface area (Å²) in [5, 5.41) is 15.0. The molecule has 1 heterocycles. The third-order valence-corrected chi connectivity index (χ3v) is 4.71. The molecule has 2 aromatic carbocycles. The number of aryl methyl sites for hydroxylation is 1. The van der Waals surface area contributed by atoms with Crippen LogP contribution in [0.3, 0.4) is 0 Å². The molecular formula is C20H19N2O3S-. The van der Waals surface area contributed by atoms with Crippen molar-refractivity contribution >= 4 is 28.1 Å². The molecule has 0 spiro atoms. The predicted octanol–water partition coefficient (Wildman–Crippen LogP) is 3.55. The van der Waals surface area contributed by atoms with Crippen LogP contribution in [0.4, 0.5) is 10.8 Å². The Morgan fingerprint density at radius 1 is 1.15 bits per heavy atom. The molecule has 3 aromatic rings. The summed E-state index contributed by atoms with van der Waals surface area (Å²) in [7, 11) is 0. The lowest BCUT2D eigenvalue weighted by atomic mass is 10.1. The molecule has 1 aromatic heterocycles. The number of nitrogens with zero attached hydrogens (tertiary/aromatic N) is 1. The normalized spacial score (nSPS) is 10.5. The van der Waals surface area contributed by atoms with Gasteiger partial charge in [0.1, 0.15) is 5.75 Å². The highest BCUT2D eigenvalue weighted by Gasteiger charge is 2.14. The van der Waals surface area contributed by atoms with Crippen LogP contribution >= 0.6 is 11.3 Å². The van der Waals surface area contributed by atoms with Gasteiger partial charge in [-0.1, -0.05) is 29.8 Å². The van der Waals surface area contributed by atoms with E-state index in [1.807, 2.05) is 62.4 Å². The van der Waals surface area contributed by atoms with Crippen molar-refractivity contribution in [3.05, 3.63) is 59.0 Å². The molecule has 0 aliphatic heterocycles. The van der Waals surface area contributed by atoms with Crippen LogP contribution in [-0.4, -0.2) is 17.6 Å². The number of anilines is 2. The topological polar surface area (TPSA) is 74.3 Å². The molecule has 5 nitrogen and oxygen atoms in total. The summed E-state index contributed by atoms with van der Waals surface area (Å²) in [6.45, 7) is 4.56. The fraction of sp³-hybridized carbons (Fsp3) is 0.200. The third-order valence-electron chi connectivity index (χ3n) is 3.74. The summed E-state index contributed by atoms with van der Waals surface area (Å²) < 4.78 is 5.43. The number of nitrogens with one attached hydrogen (secondary N) is 1. The van der Waals surface area contributed by atoms with Crippen molar-refractivity contribution in [1.29, 1.82) is 0 Å². The van der Waals surface area contributed by atoms with Crippen molar-refractivity contribution in [1.82, 2.24) is 4.98 Å². The highest BCUT2D eigenvalue weighted by molar-refractivity contribution is 7.16. The van der Waals surface area contributed by atoms with Gasteiger partial charge in [0.2, 0.25) is 0 Å². The number of rotatable bonds is 7. The number of aliphatic carboxylic acids is 1. The SMILES string of the molecule is CCOc1ccc(Nc2nc(-c3ccc(C)cc3)c(CC(=O)[O-])s2)cc1. The van der Waals surface area contributed by atoms with E-state index in [9.17, 15) is 9.90 Å². The first-order valence-corrected chi connectivity index (χ1v) is 9.13. The van der Waals surface area contributed by atoms with Crippen LogP contribution in [-0.2, 0) is 11.2 Å². The van der Waals surface area contributed by atoms with Gasteiger partial charge in [0.05, 0.1) is 12.3 Å².